The van der Waals surface area contributed by atoms with Gasteiger partial charge in [-0.1, -0.05) is 32.0 Å². The number of carbonyl (C=O) groups is 2. The van der Waals surface area contributed by atoms with Gasteiger partial charge in [-0.15, -0.1) is 0 Å². The van der Waals surface area contributed by atoms with Crippen molar-refractivity contribution in [3.05, 3.63) is 47.8 Å². The average Bonchev–Trinajstić information content (AvgIpc) is 3.34. The molecule has 172 valence electrons. The maximum absolute atomic E-state index is 13.0. The fraction of sp³-hybridized carbons (Fsp3) is 0.577. The Bertz CT molecular complexity index is 907. The lowest BCUT2D eigenvalue weighted by Gasteiger charge is -2.36. The summed E-state index contributed by atoms with van der Waals surface area (Å²) < 4.78 is 0. The van der Waals surface area contributed by atoms with Crippen molar-refractivity contribution in [3.63, 3.8) is 0 Å². The van der Waals surface area contributed by atoms with Crippen molar-refractivity contribution in [2.24, 2.45) is 17.8 Å². The molecule has 2 aromatic rings. The normalized spacial score (nSPS) is 22.2. The second-order valence-corrected chi connectivity index (χ2v) is 9.86. The van der Waals surface area contributed by atoms with Crippen LogP contribution in [0.15, 0.2) is 36.4 Å². The third kappa shape index (κ3) is 4.89. The number of nitrogens with zero attached hydrogens (tertiary/aromatic N) is 3. The lowest BCUT2D eigenvalue weighted by atomic mass is 9.76. The maximum atomic E-state index is 13.0. The van der Waals surface area contributed by atoms with Crippen LogP contribution in [0.3, 0.4) is 0 Å². The first-order valence-corrected chi connectivity index (χ1v) is 12.1. The van der Waals surface area contributed by atoms with Gasteiger partial charge in [0.05, 0.1) is 0 Å². The van der Waals surface area contributed by atoms with Gasteiger partial charge in [-0.2, -0.15) is 5.10 Å². The Balaban J connectivity index is 1.30. The standard InChI is InChI=1S/C26H36N4O2/c1-18(2)19-9-11-21(12-10-19)25(31)30-15-13-20(14-16-30)23-17-24(28-27-23)26(32)29(3)22-7-5-4-6-8-22/h4-8,17-21H,9-16H2,1-3H3,(H,27,28). The van der Waals surface area contributed by atoms with E-state index in [-0.39, 0.29) is 11.8 Å². The first kappa shape index (κ1) is 22.6. The molecule has 32 heavy (non-hydrogen) atoms. The molecule has 2 fully saturated rings. The highest BCUT2D eigenvalue weighted by molar-refractivity contribution is 6.04. The zero-order valence-corrected chi connectivity index (χ0v) is 19.6. The second-order valence-electron chi connectivity index (χ2n) is 9.86. The van der Waals surface area contributed by atoms with Crippen LogP contribution in [0.5, 0.6) is 0 Å². The Labute approximate surface area is 191 Å². The summed E-state index contributed by atoms with van der Waals surface area (Å²) in [7, 11) is 1.77. The van der Waals surface area contributed by atoms with Gasteiger partial charge in [0, 0.05) is 43.4 Å². The number of likely N-dealkylation sites (tertiary alicyclic amines) is 1. The number of para-hydroxylation sites is 1. The van der Waals surface area contributed by atoms with Crippen LogP contribution >= 0.6 is 0 Å². The average molecular weight is 437 g/mol. The largest absolute Gasteiger partial charge is 0.342 e. The van der Waals surface area contributed by atoms with E-state index in [1.807, 2.05) is 36.4 Å². The Hall–Kier alpha value is -2.63. The van der Waals surface area contributed by atoms with Gasteiger partial charge < -0.3 is 9.80 Å². The summed E-state index contributed by atoms with van der Waals surface area (Å²) in [6, 6.07) is 11.5. The topological polar surface area (TPSA) is 69.3 Å². The number of anilines is 1. The maximum Gasteiger partial charge on any atom is 0.278 e. The number of carbonyl (C=O) groups excluding carboxylic acids is 2. The molecule has 2 aliphatic rings. The first-order valence-electron chi connectivity index (χ1n) is 12.1. The Kier molecular flexibility index (Phi) is 6.97. The summed E-state index contributed by atoms with van der Waals surface area (Å²) in [6.45, 7) is 6.18. The van der Waals surface area contributed by atoms with Crippen molar-refractivity contribution in [1.82, 2.24) is 15.1 Å². The molecule has 0 unspecified atom stereocenters. The highest BCUT2D eigenvalue weighted by atomic mass is 16.2. The van der Waals surface area contributed by atoms with Gasteiger partial charge in [-0.3, -0.25) is 14.7 Å². The number of hydrogen-bond donors (Lipinski definition) is 1. The van der Waals surface area contributed by atoms with E-state index in [9.17, 15) is 9.59 Å². The molecule has 1 saturated carbocycles. The van der Waals surface area contributed by atoms with Crippen LogP contribution in [0.1, 0.15) is 74.5 Å². The van der Waals surface area contributed by atoms with E-state index in [0.717, 1.165) is 62.0 Å². The van der Waals surface area contributed by atoms with Gasteiger partial charge in [0.15, 0.2) is 5.69 Å². The van der Waals surface area contributed by atoms with Gasteiger partial charge in [-0.25, -0.2) is 0 Å². The minimum absolute atomic E-state index is 0.122. The van der Waals surface area contributed by atoms with E-state index in [2.05, 4.69) is 28.9 Å². The fourth-order valence-electron chi connectivity index (χ4n) is 5.30. The number of amides is 2. The molecule has 1 aromatic carbocycles. The lowest BCUT2D eigenvalue weighted by Crippen LogP contribution is -2.42. The number of aromatic nitrogens is 2. The van der Waals surface area contributed by atoms with Crippen LogP contribution in [0.4, 0.5) is 5.69 Å². The minimum Gasteiger partial charge on any atom is -0.342 e. The lowest BCUT2D eigenvalue weighted by molar-refractivity contribution is -0.138. The number of hydrogen-bond acceptors (Lipinski definition) is 3. The van der Waals surface area contributed by atoms with Crippen LogP contribution < -0.4 is 4.90 Å². The van der Waals surface area contributed by atoms with Gasteiger partial charge in [0.1, 0.15) is 0 Å². The molecule has 0 bridgehead atoms. The third-order valence-corrected chi connectivity index (χ3v) is 7.58. The van der Waals surface area contributed by atoms with E-state index in [4.69, 9.17) is 0 Å². The summed E-state index contributed by atoms with van der Waals surface area (Å²) in [4.78, 5) is 29.5. The van der Waals surface area contributed by atoms with E-state index in [1.54, 1.807) is 11.9 Å². The quantitative estimate of drug-likeness (QED) is 0.728. The minimum atomic E-state index is -0.122. The van der Waals surface area contributed by atoms with Gasteiger partial charge in [-0.05, 0) is 68.6 Å². The van der Waals surface area contributed by atoms with Crippen molar-refractivity contribution in [2.45, 2.75) is 58.3 Å². The molecule has 6 nitrogen and oxygen atoms in total. The number of H-pyrrole nitrogens is 1. The summed E-state index contributed by atoms with van der Waals surface area (Å²) in [6.07, 6.45) is 6.29. The highest BCUT2D eigenvalue weighted by Gasteiger charge is 2.33. The molecule has 1 saturated heterocycles. The number of rotatable bonds is 5. The molecule has 1 aliphatic heterocycles. The molecule has 2 heterocycles. The Morgan fingerprint density at radius 3 is 2.31 bits per heavy atom. The molecule has 0 atom stereocenters. The van der Waals surface area contributed by atoms with E-state index in [1.165, 1.54) is 12.8 Å². The zero-order valence-electron chi connectivity index (χ0n) is 19.6. The zero-order chi connectivity index (χ0) is 22.7. The first-order chi connectivity index (χ1) is 15.4. The van der Waals surface area contributed by atoms with Gasteiger partial charge in [0.2, 0.25) is 5.91 Å². The molecular formula is C26H36N4O2. The number of aromatic amines is 1. The van der Waals surface area contributed by atoms with E-state index < -0.39 is 0 Å². The molecule has 0 radical (unpaired) electrons. The highest BCUT2D eigenvalue weighted by Crippen LogP contribution is 2.35. The SMILES string of the molecule is CC(C)C1CCC(C(=O)N2CCC(c3cc(C(=O)N(C)c4ccccc4)n[nH]3)CC2)CC1. The predicted molar refractivity (Wildman–Crippen MR) is 127 cm³/mol. The Morgan fingerprint density at radius 1 is 1.03 bits per heavy atom. The van der Waals surface area contributed by atoms with Gasteiger partial charge >= 0.3 is 0 Å². The second kappa shape index (κ2) is 9.88. The van der Waals surface area contributed by atoms with Crippen molar-refractivity contribution in [1.29, 1.82) is 0 Å². The van der Waals surface area contributed by atoms with Crippen molar-refractivity contribution < 1.29 is 9.59 Å². The molecular weight excluding hydrogens is 400 g/mol. The monoisotopic (exact) mass is 436 g/mol. The summed E-state index contributed by atoms with van der Waals surface area (Å²) in [5.41, 5.74) is 2.28. The summed E-state index contributed by atoms with van der Waals surface area (Å²) >= 11 is 0. The Morgan fingerprint density at radius 2 is 1.69 bits per heavy atom. The smallest absolute Gasteiger partial charge is 0.278 e. The molecule has 4 rings (SSSR count). The number of piperidine rings is 1. The summed E-state index contributed by atoms with van der Waals surface area (Å²) in [5, 5.41) is 7.37. The van der Waals surface area contributed by atoms with Gasteiger partial charge in [0.25, 0.3) is 5.91 Å². The van der Waals surface area contributed by atoms with Crippen LogP contribution in [-0.2, 0) is 4.79 Å². The van der Waals surface area contributed by atoms with Crippen LogP contribution in [-0.4, -0.2) is 47.0 Å². The predicted octanol–water partition coefficient (Wildman–Crippen LogP) is 4.85. The molecule has 0 spiro atoms. The fourth-order valence-corrected chi connectivity index (χ4v) is 5.30. The molecule has 1 aromatic heterocycles. The summed E-state index contributed by atoms with van der Waals surface area (Å²) in [5.74, 6) is 2.26. The molecule has 1 aliphatic carbocycles. The van der Waals surface area contributed by atoms with Crippen molar-refractivity contribution >= 4 is 17.5 Å². The van der Waals surface area contributed by atoms with E-state index >= 15 is 0 Å². The van der Waals surface area contributed by atoms with Crippen LogP contribution in [0.2, 0.25) is 0 Å². The van der Waals surface area contributed by atoms with Crippen molar-refractivity contribution in [3.8, 4) is 0 Å². The number of benzene rings is 1. The molecule has 2 amide bonds. The molecule has 6 heteroatoms. The van der Waals surface area contributed by atoms with Crippen LogP contribution in [0, 0.1) is 17.8 Å². The van der Waals surface area contributed by atoms with Crippen molar-refractivity contribution in [2.75, 3.05) is 25.0 Å². The van der Waals surface area contributed by atoms with E-state index in [0.29, 0.717) is 17.5 Å². The van der Waals surface area contributed by atoms with Crippen LogP contribution in [0.25, 0.3) is 0 Å². The number of nitrogens with one attached hydrogen (secondary N) is 1. The third-order valence-electron chi connectivity index (χ3n) is 7.58. The molecule has 1 N–H and O–H groups in total.